The Morgan fingerprint density at radius 1 is 1.09 bits per heavy atom. The molecule has 2 aromatic rings. The van der Waals surface area contributed by atoms with Gasteiger partial charge in [0.25, 0.3) is 0 Å². The number of imide groups is 1. The van der Waals surface area contributed by atoms with Crippen LogP contribution < -0.4 is 21.7 Å². The zero-order valence-corrected chi connectivity index (χ0v) is 19.8. The van der Waals surface area contributed by atoms with Gasteiger partial charge in [-0.05, 0) is 30.3 Å². The molecule has 4 unspecified atom stereocenters. The van der Waals surface area contributed by atoms with Crippen LogP contribution in [0.2, 0.25) is 0 Å². The summed E-state index contributed by atoms with van der Waals surface area (Å²) in [5.41, 5.74) is 6.37. The molecule has 10 nitrogen and oxygen atoms in total. The van der Waals surface area contributed by atoms with Crippen molar-refractivity contribution < 1.29 is 23.6 Å². The zero-order chi connectivity index (χ0) is 25.3. The average molecular weight is 501 g/mol. The Kier molecular flexibility index (Phi) is 7.05. The van der Waals surface area contributed by atoms with Crippen LogP contribution in [0, 0.1) is 11.7 Å². The largest absolute Gasteiger partial charge is 0.366 e. The standard InChI is InChI=1S/C23H25FN6O4S/c1-29-20-17(22(33)30(2)23(29)34)21(28-19(27-20)14-5-3-4-6-15(14)24)35-11-16(31)26-13-9-7-12(8-10-13)18(25)32/h3-10,17,19-21,27-28H,11H2,1-2H3,(H2,25,32)(H,26,31). The Bertz CT molecular complexity index is 1160. The molecule has 2 fully saturated rings. The number of carbonyl (C=O) groups excluding carboxylic acids is 4. The first-order chi connectivity index (χ1) is 16.7. The van der Waals surface area contributed by atoms with Gasteiger partial charge in [0.15, 0.2) is 0 Å². The van der Waals surface area contributed by atoms with Gasteiger partial charge in [-0.25, -0.2) is 9.18 Å². The number of benzene rings is 2. The fourth-order valence-corrected chi connectivity index (χ4v) is 5.28. The second-order valence-corrected chi connectivity index (χ2v) is 9.40. The third-order valence-corrected chi connectivity index (χ3v) is 7.24. The van der Waals surface area contributed by atoms with Gasteiger partial charge >= 0.3 is 6.03 Å². The highest BCUT2D eigenvalue weighted by Gasteiger charge is 2.51. The first-order valence-corrected chi connectivity index (χ1v) is 11.8. The molecule has 4 atom stereocenters. The van der Waals surface area contributed by atoms with E-state index in [2.05, 4.69) is 16.0 Å². The van der Waals surface area contributed by atoms with E-state index in [1.54, 1.807) is 37.4 Å². The van der Waals surface area contributed by atoms with Crippen LogP contribution in [0.1, 0.15) is 22.1 Å². The summed E-state index contributed by atoms with van der Waals surface area (Å²) in [6.45, 7) is 0. The van der Waals surface area contributed by atoms with Gasteiger partial charge in [-0.1, -0.05) is 18.2 Å². The molecule has 0 radical (unpaired) electrons. The van der Waals surface area contributed by atoms with E-state index in [0.717, 1.165) is 4.90 Å². The van der Waals surface area contributed by atoms with Crippen LogP contribution >= 0.6 is 11.8 Å². The fraction of sp³-hybridized carbons (Fsp3) is 0.304. The molecule has 2 aromatic carbocycles. The number of primary amides is 1. The molecule has 0 aromatic heterocycles. The van der Waals surface area contributed by atoms with Gasteiger partial charge in [0.2, 0.25) is 17.7 Å². The van der Waals surface area contributed by atoms with Gasteiger partial charge in [-0.2, -0.15) is 0 Å². The van der Waals surface area contributed by atoms with E-state index in [1.165, 1.54) is 41.9 Å². The first kappa shape index (κ1) is 24.6. The van der Waals surface area contributed by atoms with E-state index in [9.17, 15) is 23.6 Å². The van der Waals surface area contributed by atoms with E-state index >= 15 is 0 Å². The maximum atomic E-state index is 14.5. The van der Waals surface area contributed by atoms with Crippen LogP contribution in [0.4, 0.5) is 14.9 Å². The summed E-state index contributed by atoms with van der Waals surface area (Å²) in [6, 6.07) is 11.9. The van der Waals surface area contributed by atoms with E-state index in [4.69, 9.17) is 5.73 Å². The van der Waals surface area contributed by atoms with Gasteiger partial charge in [0.1, 0.15) is 5.82 Å². The number of thioether (sulfide) groups is 1. The number of rotatable bonds is 6. The van der Waals surface area contributed by atoms with E-state index in [1.807, 2.05) is 0 Å². The topological polar surface area (TPSA) is 137 Å². The number of urea groups is 1. The summed E-state index contributed by atoms with van der Waals surface area (Å²) >= 11 is 1.19. The lowest BCUT2D eigenvalue weighted by Crippen LogP contribution is -2.72. The minimum Gasteiger partial charge on any atom is -0.366 e. The number of nitrogens with two attached hydrogens (primary N) is 1. The molecule has 12 heteroatoms. The van der Waals surface area contributed by atoms with Crippen LogP contribution in [0.3, 0.4) is 0 Å². The lowest BCUT2D eigenvalue weighted by molar-refractivity contribution is -0.140. The monoisotopic (exact) mass is 500 g/mol. The third kappa shape index (κ3) is 4.99. The smallest absolute Gasteiger partial charge is 0.327 e. The molecular weight excluding hydrogens is 475 g/mol. The molecule has 0 saturated carbocycles. The summed E-state index contributed by atoms with van der Waals surface area (Å²) in [5, 5.41) is 8.54. The summed E-state index contributed by atoms with van der Waals surface area (Å²) < 4.78 is 14.5. The molecule has 35 heavy (non-hydrogen) atoms. The molecule has 4 rings (SSSR count). The van der Waals surface area contributed by atoms with Crippen molar-refractivity contribution in [1.82, 2.24) is 20.4 Å². The summed E-state index contributed by atoms with van der Waals surface area (Å²) in [5.74, 6) is -2.47. The maximum absolute atomic E-state index is 14.5. The van der Waals surface area contributed by atoms with Crippen molar-refractivity contribution in [3.05, 3.63) is 65.5 Å². The quantitative estimate of drug-likeness (QED) is 0.469. The molecule has 0 bridgehead atoms. The zero-order valence-electron chi connectivity index (χ0n) is 19.0. The van der Waals surface area contributed by atoms with Crippen LogP contribution in [-0.4, -0.2) is 64.9 Å². The van der Waals surface area contributed by atoms with Crippen molar-refractivity contribution in [1.29, 1.82) is 0 Å². The van der Waals surface area contributed by atoms with E-state index in [0.29, 0.717) is 16.8 Å². The predicted molar refractivity (Wildman–Crippen MR) is 128 cm³/mol. The number of anilines is 1. The second kappa shape index (κ2) is 10.0. The molecule has 184 valence electrons. The van der Waals surface area contributed by atoms with Gasteiger partial charge in [0.05, 0.1) is 29.4 Å². The molecule has 0 spiro atoms. The van der Waals surface area contributed by atoms with Crippen molar-refractivity contribution in [2.24, 2.45) is 11.7 Å². The molecular formula is C23H25FN6O4S. The fourth-order valence-electron chi connectivity index (χ4n) is 4.17. The lowest BCUT2D eigenvalue weighted by atomic mass is 9.96. The normalized spacial score (nSPS) is 24.2. The average Bonchev–Trinajstić information content (AvgIpc) is 2.85. The van der Waals surface area contributed by atoms with Crippen LogP contribution in [0.25, 0.3) is 0 Å². The summed E-state index contributed by atoms with van der Waals surface area (Å²) in [6.07, 6.45) is -1.38. The number of hydrogen-bond acceptors (Lipinski definition) is 7. The molecule has 2 aliphatic heterocycles. The minimum absolute atomic E-state index is 0.0168. The number of nitrogens with zero attached hydrogens (tertiary/aromatic N) is 2. The first-order valence-electron chi connectivity index (χ1n) is 10.8. The molecule has 0 aliphatic carbocycles. The van der Waals surface area contributed by atoms with Crippen molar-refractivity contribution in [3.8, 4) is 0 Å². The SMILES string of the molecule is CN1C(=O)C2C(SCC(=O)Nc3ccc(C(N)=O)cc3)NC(c3ccccc3F)NC2N(C)C1=O. The van der Waals surface area contributed by atoms with Gasteiger partial charge in [-0.15, -0.1) is 11.8 Å². The van der Waals surface area contributed by atoms with Crippen LogP contribution in [0.5, 0.6) is 0 Å². The number of carbonyl (C=O) groups is 4. The highest BCUT2D eigenvalue weighted by atomic mass is 32.2. The van der Waals surface area contributed by atoms with Crippen LogP contribution in [0.15, 0.2) is 48.5 Å². The van der Waals surface area contributed by atoms with E-state index in [-0.39, 0.29) is 11.7 Å². The maximum Gasteiger partial charge on any atom is 0.327 e. The molecule has 2 heterocycles. The van der Waals surface area contributed by atoms with Crippen molar-refractivity contribution in [2.75, 3.05) is 25.2 Å². The van der Waals surface area contributed by atoms with E-state index < -0.39 is 47.3 Å². The Labute approximate surface area is 205 Å². The highest BCUT2D eigenvalue weighted by molar-refractivity contribution is 8.00. The van der Waals surface area contributed by atoms with Crippen molar-refractivity contribution in [2.45, 2.75) is 17.7 Å². The summed E-state index contributed by atoms with van der Waals surface area (Å²) in [7, 11) is 2.98. The van der Waals surface area contributed by atoms with Crippen LogP contribution in [-0.2, 0) is 9.59 Å². The second-order valence-electron chi connectivity index (χ2n) is 8.27. The Balaban J connectivity index is 1.51. The summed E-state index contributed by atoms with van der Waals surface area (Å²) in [4.78, 5) is 51.9. The number of hydrogen-bond donors (Lipinski definition) is 4. The number of halogens is 1. The Morgan fingerprint density at radius 2 is 1.77 bits per heavy atom. The third-order valence-electron chi connectivity index (χ3n) is 6.02. The molecule has 2 aliphatic rings. The highest BCUT2D eigenvalue weighted by Crippen LogP contribution is 2.34. The Morgan fingerprint density at radius 3 is 2.43 bits per heavy atom. The van der Waals surface area contributed by atoms with Crippen molar-refractivity contribution >= 4 is 41.2 Å². The molecule has 2 saturated heterocycles. The van der Waals surface area contributed by atoms with Crippen molar-refractivity contribution in [3.63, 3.8) is 0 Å². The minimum atomic E-state index is -0.710. The molecule has 5 N–H and O–H groups in total. The Hall–Kier alpha value is -3.48. The van der Waals surface area contributed by atoms with Gasteiger partial charge in [0, 0.05) is 30.9 Å². The van der Waals surface area contributed by atoms with Gasteiger partial charge < -0.3 is 16.0 Å². The molecule has 5 amide bonds. The number of fused-ring (bicyclic) bond motifs is 1. The van der Waals surface area contributed by atoms with Gasteiger partial charge in [-0.3, -0.25) is 29.9 Å². The number of nitrogens with one attached hydrogen (secondary N) is 3. The number of amides is 5. The lowest BCUT2D eigenvalue weighted by Gasteiger charge is -2.50. The predicted octanol–water partition coefficient (Wildman–Crippen LogP) is 1.28.